The highest BCUT2D eigenvalue weighted by molar-refractivity contribution is 7.22. The van der Waals surface area contributed by atoms with Gasteiger partial charge in [0.1, 0.15) is 16.1 Å². The zero-order valence-corrected chi connectivity index (χ0v) is 17.4. The van der Waals surface area contributed by atoms with E-state index in [0.717, 1.165) is 37.1 Å². The lowest BCUT2D eigenvalue weighted by atomic mass is 9.98. The van der Waals surface area contributed by atoms with Gasteiger partial charge in [-0.25, -0.2) is 9.78 Å². The van der Waals surface area contributed by atoms with E-state index in [1.807, 2.05) is 33.8 Å². The molecule has 1 atom stereocenters. The van der Waals surface area contributed by atoms with E-state index >= 15 is 0 Å². The molecule has 4 rings (SSSR count). The van der Waals surface area contributed by atoms with Crippen LogP contribution in [0.2, 0.25) is 0 Å². The fourth-order valence-electron chi connectivity index (χ4n) is 3.28. The lowest BCUT2D eigenvalue weighted by Gasteiger charge is -2.35. The first-order chi connectivity index (χ1) is 12.7. The lowest BCUT2D eigenvalue weighted by Crippen LogP contribution is -2.44. The number of nitrogen functional groups attached to an aromatic ring is 1. The fourth-order valence-corrected chi connectivity index (χ4v) is 5.46. The highest BCUT2D eigenvalue weighted by Crippen LogP contribution is 2.45. The van der Waals surface area contributed by atoms with E-state index in [1.165, 1.54) is 5.56 Å². The molecule has 0 aromatic carbocycles. The molecule has 1 aliphatic rings. The molecule has 0 unspecified atom stereocenters. The quantitative estimate of drug-likeness (QED) is 0.639. The van der Waals surface area contributed by atoms with Gasteiger partial charge in [-0.1, -0.05) is 0 Å². The Morgan fingerprint density at radius 3 is 2.85 bits per heavy atom. The van der Waals surface area contributed by atoms with Crippen molar-refractivity contribution in [1.29, 1.82) is 0 Å². The van der Waals surface area contributed by atoms with Crippen molar-refractivity contribution in [2.24, 2.45) is 0 Å². The number of rotatable bonds is 1. The lowest BCUT2D eigenvalue weighted by molar-refractivity contribution is 0.0142. The molecule has 0 bridgehead atoms. The summed E-state index contributed by atoms with van der Waals surface area (Å²) in [6.45, 7) is 8.22. The number of carbonyl (C=O) groups excluding carboxylic acids is 1. The molecule has 0 fully saturated rings. The van der Waals surface area contributed by atoms with Crippen LogP contribution >= 0.6 is 22.7 Å². The molecule has 142 valence electrons. The molecule has 1 aliphatic heterocycles. The van der Waals surface area contributed by atoms with Crippen LogP contribution in [-0.2, 0) is 17.7 Å². The van der Waals surface area contributed by atoms with E-state index in [2.05, 4.69) is 4.98 Å². The van der Waals surface area contributed by atoms with Crippen LogP contribution in [0.1, 0.15) is 38.1 Å². The standard InChI is InChI=1S/C19H22N4O2S2/c1-10-7-11-14(9-23(10)18(24)25-19(2,3)4)26-16(20)15(11)17-22-12-8-21-6-5-13(12)27-17/h5-6,8,10H,7,9,20H2,1-4H3/t10-/m0/s1. The van der Waals surface area contributed by atoms with Gasteiger partial charge in [0.05, 0.1) is 22.4 Å². The highest BCUT2D eigenvalue weighted by Gasteiger charge is 2.34. The van der Waals surface area contributed by atoms with Gasteiger partial charge in [0.2, 0.25) is 0 Å². The number of nitrogens with two attached hydrogens (primary N) is 1. The third kappa shape index (κ3) is 3.39. The summed E-state index contributed by atoms with van der Waals surface area (Å²) < 4.78 is 6.66. The zero-order chi connectivity index (χ0) is 19.3. The smallest absolute Gasteiger partial charge is 0.410 e. The summed E-state index contributed by atoms with van der Waals surface area (Å²) >= 11 is 3.17. The van der Waals surface area contributed by atoms with Gasteiger partial charge >= 0.3 is 6.09 Å². The number of ether oxygens (including phenoxy) is 1. The predicted octanol–water partition coefficient (Wildman–Crippen LogP) is 4.68. The SMILES string of the molecule is C[C@H]1Cc2c(sc(N)c2-c2nc3cnccc3s2)CN1C(=O)OC(C)(C)C. The molecule has 3 aromatic rings. The maximum Gasteiger partial charge on any atom is 0.410 e. The third-order valence-electron chi connectivity index (χ3n) is 4.50. The average Bonchev–Trinajstić information content (AvgIpc) is 3.11. The molecular weight excluding hydrogens is 380 g/mol. The minimum atomic E-state index is -0.508. The zero-order valence-electron chi connectivity index (χ0n) is 15.8. The Labute approximate surface area is 166 Å². The van der Waals surface area contributed by atoms with Gasteiger partial charge in [-0.05, 0) is 45.7 Å². The van der Waals surface area contributed by atoms with Crippen molar-refractivity contribution in [3.63, 3.8) is 0 Å². The molecule has 2 N–H and O–H groups in total. The molecule has 0 spiro atoms. The maximum atomic E-state index is 12.6. The van der Waals surface area contributed by atoms with Crippen LogP contribution in [0.15, 0.2) is 18.5 Å². The molecule has 4 heterocycles. The minimum absolute atomic E-state index is 0.0381. The number of thiazole rings is 1. The largest absolute Gasteiger partial charge is 0.444 e. The van der Waals surface area contributed by atoms with Crippen LogP contribution in [0.5, 0.6) is 0 Å². The Morgan fingerprint density at radius 1 is 1.37 bits per heavy atom. The highest BCUT2D eigenvalue weighted by atomic mass is 32.1. The first kappa shape index (κ1) is 18.2. The van der Waals surface area contributed by atoms with Gasteiger partial charge in [0.15, 0.2) is 0 Å². The van der Waals surface area contributed by atoms with E-state index in [-0.39, 0.29) is 12.1 Å². The number of pyridine rings is 1. The normalized spacial score (nSPS) is 17.2. The van der Waals surface area contributed by atoms with Crippen LogP contribution in [0.3, 0.4) is 0 Å². The van der Waals surface area contributed by atoms with Gasteiger partial charge in [-0.15, -0.1) is 22.7 Å². The Bertz CT molecular complexity index is 986. The molecule has 0 saturated heterocycles. The van der Waals surface area contributed by atoms with E-state index in [9.17, 15) is 4.79 Å². The van der Waals surface area contributed by atoms with Gasteiger partial charge in [-0.2, -0.15) is 0 Å². The van der Waals surface area contributed by atoms with E-state index < -0.39 is 5.60 Å². The number of amides is 1. The van der Waals surface area contributed by atoms with E-state index in [4.69, 9.17) is 15.5 Å². The second-order valence-electron chi connectivity index (χ2n) is 7.77. The Morgan fingerprint density at radius 2 is 2.15 bits per heavy atom. The number of hydrogen-bond donors (Lipinski definition) is 1. The summed E-state index contributed by atoms with van der Waals surface area (Å²) in [7, 11) is 0. The third-order valence-corrected chi connectivity index (χ3v) is 6.60. The van der Waals surface area contributed by atoms with Crippen molar-refractivity contribution in [3.05, 3.63) is 28.9 Å². The molecular formula is C19H22N4O2S2. The summed E-state index contributed by atoms with van der Waals surface area (Å²) in [4.78, 5) is 24.3. The van der Waals surface area contributed by atoms with Crippen molar-refractivity contribution in [2.75, 3.05) is 5.73 Å². The Kier molecular flexibility index (Phi) is 4.35. The molecule has 0 aliphatic carbocycles. The van der Waals surface area contributed by atoms with Crippen molar-refractivity contribution in [2.45, 2.75) is 52.3 Å². The van der Waals surface area contributed by atoms with Crippen LogP contribution in [-0.4, -0.2) is 32.6 Å². The predicted molar refractivity (Wildman–Crippen MR) is 110 cm³/mol. The maximum absolute atomic E-state index is 12.6. The van der Waals surface area contributed by atoms with Crippen molar-refractivity contribution < 1.29 is 9.53 Å². The summed E-state index contributed by atoms with van der Waals surface area (Å²) in [5.41, 5.74) is 8.98. The van der Waals surface area contributed by atoms with Crippen LogP contribution in [0.25, 0.3) is 20.8 Å². The number of hydrogen-bond acceptors (Lipinski definition) is 7. The summed E-state index contributed by atoms with van der Waals surface area (Å²) in [5, 5.41) is 1.68. The minimum Gasteiger partial charge on any atom is -0.444 e. The van der Waals surface area contributed by atoms with Gasteiger partial charge < -0.3 is 15.4 Å². The second-order valence-corrected chi connectivity index (χ2v) is 9.93. The second kappa shape index (κ2) is 6.45. The van der Waals surface area contributed by atoms with Gasteiger partial charge in [0, 0.05) is 22.7 Å². The molecule has 3 aromatic heterocycles. The molecule has 6 nitrogen and oxygen atoms in total. The van der Waals surface area contributed by atoms with Crippen molar-refractivity contribution in [1.82, 2.24) is 14.9 Å². The fraction of sp³-hybridized carbons (Fsp3) is 0.421. The number of aromatic nitrogens is 2. The molecule has 27 heavy (non-hydrogen) atoms. The summed E-state index contributed by atoms with van der Waals surface area (Å²) in [6.07, 6.45) is 4.01. The van der Waals surface area contributed by atoms with Crippen LogP contribution in [0, 0.1) is 0 Å². The molecule has 0 saturated carbocycles. The van der Waals surface area contributed by atoms with Crippen LogP contribution < -0.4 is 5.73 Å². The van der Waals surface area contributed by atoms with Crippen molar-refractivity contribution in [3.8, 4) is 10.6 Å². The van der Waals surface area contributed by atoms with E-state index in [1.54, 1.807) is 40.0 Å². The average molecular weight is 403 g/mol. The van der Waals surface area contributed by atoms with Crippen LogP contribution in [0.4, 0.5) is 9.80 Å². The number of fused-ring (bicyclic) bond motifs is 2. The molecule has 0 radical (unpaired) electrons. The number of carbonyl (C=O) groups is 1. The molecule has 8 heteroatoms. The van der Waals surface area contributed by atoms with Gasteiger partial charge in [-0.3, -0.25) is 4.98 Å². The van der Waals surface area contributed by atoms with Gasteiger partial charge in [0.25, 0.3) is 0 Å². The topological polar surface area (TPSA) is 81.3 Å². The summed E-state index contributed by atoms with van der Waals surface area (Å²) in [5.74, 6) is 0. The number of anilines is 1. The first-order valence-corrected chi connectivity index (χ1v) is 10.5. The molecule has 1 amide bonds. The monoisotopic (exact) mass is 402 g/mol. The Hall–Kier alpha value is -2.19. The summed E-state index contributed by atoms with van der Waals surface area (Å²) in [6, 6.07) is 2.01. The van der Waals surface area contributed by atoms with Crippen molar-refractivity contribution >= 4 is 44.0 Å². The first-order valence-electron chi connectivity index (χ1n) is 8.83. The number of nitrogens with zero attached hydrogens (tertiary/aromatic N) is 3. The Balaban J connectivity index is 1.69. The van der Waals surface area contributed by atoms with E-state index in [0.29, 0.717) is 6.54 Å². The number of thiophene rings is 1.